The van der Waals surface area contributed by atoms with Crippen LogP contribution < -0.4 is 81.4 Å². The predicted octanol–water partition coefficient (Wildman–Crippen LogP) is -6.00. The summed E-state index contributed by atoms with van der Waals surface area (Å²) in [5.74, 6) is -16.9. The zero-order valence-corrected chi connectivity index (χ0v) is 51.5. The number of benzene rings is 1. The summed E-state index contributed by atoms with van der Waals surface area (Å²) >= 11 is 1.25. The minimum atomic E-state index is -1.96. The topological polar surface area (TPSA) is 566 Å². The molecule has 0 radical (unpaired) electrons. The number of carbonyl (C=O) groups is 15. The third kappa shape index (κ3) is 31.9. The summed E-state index contributed by atoms with van der Waals surface area (Å²) in [6, 6.07) is -6.37. The van der Waals surface area contributed by atoms with Crippen molar-refractivity contribution in [3.63, 3.8) is 0 Å². The van der Waals surface area contributed by atoms with Gasteiger partial charge in [-0.05, 0) is 75.4 Å². The molecule has 0 aliphatic heterocycles. The van der Waals surface area contributed by atoms with E-state index >= 15 is 0 Å². The predicted molar refractivity (Wildman–Crippen MR) is 321 cm³/mol. The molecule has 1 rings (SSSR count). The Morgan fingerprint density at radius 1 is 0.506 bits per heavy atom. The van der Waals surface area contributed by atoms with Crippen molar-refractivity contribution in [3.8, 4) is 0 Å². The molecule has 0 unspecified atom stereocenters. The van der Waals surface area contributed by atoms with Crippen molar-refractivity contribution in [2.24, 2.45) is 39.8 Å². The van der Waals surface area contributed by atoms with Crippen LogP contribution in [-0.4, -0.2) is 202 Å². The molecule has 35 heteroatoms. The zero-order chi connectivity index (χ0) is 67.7. The van der Waals surface area contributed by atoms with Gasteiger partial charge in [-0.15, -0.1) is 0 Å². The molecule has 1 aromatic carbocycles. The molecule has 1 aromatic rings. The van der Waals surface area contributed by atoms with Crippen molar-refractivity contribution < 1.29 is 87.2 Å². The lowest BCUT2D eigenvalue weighted by atomic mass is 10.0. The number of rotatable bonds is 42. The molecule has 0 bridgehead atoms. The first-order valence-electron chi connectivity index (χ1n) is 28.2. The van der Waals surface area contributed by atoms with E-state index in [4.69, 9.17) is 33.1 Å². The van der Waals surface area contributed by atoms with Gasteiger partial charge >= 0.3 is 17.9 Å². The summed E-state index contributed by atoms with van der Waals surface area (Å²) < 4.78 is 0. The number of primary amides is 1. The molecular weight excluding hydrogens is 1190 g/mol. The summed E-state index contributed by atoms with van der Waals surface area (Å²) in [7, 11) is 0. The molecule has 12 amide bonds. The van der Waals surface area contributed by atoms with Crippen LogP contribution in [0.4, 0.5) is 0 Å². The molecule has 89 heavy (non-hydrogen) atoms. The number of hydrogen-bond acceptors (Lipinski definition) is 18. The van der Waals surface area contributed by atoms with E-state index in [0.717, 1.165) is 0 Å². The highest BCUT2D eigenvalue weighted by atomic mass is 32.2. The van der Waals surface area contributed by atoms with Crippen LogP contribution in [0.1, 0.15) is 98.5 Å². The van der Waals surface area contributed by atoms with Gasteiger partial charge in [0.1, 0.15) is 60.9 Å². The monoisotopic (exact) mass is 1280 g/mol. The van der Waals surface area contributed by atoms with Crippen molar-refractivity contribution in [2.75, 3.05) is 31.6 Å². The van der Waals surface area contributed by atoms with Gasteiger partial charge in [0.2, 0.25) is 70.9 Å². The Hall–Kier alpha value is -9.15. The fourth-order valence-electron chi connectivity index (χ4n) is 8.03. The molecule has 10 atom stereocenters. The molecule has 0 aliphatic carbocycles. The van der Waals surface area contributed by atoms with Crippen LogP contribution in [0.3, 0.4) is 0 Å². The van der Waals surface area contributed by atoms with Gasteiger partial charge in [0.05, 0.1) is 25.4 Å². The second-order valence-corrected chi connectivity index (χ2v) is 22.3. The Morgan fingerprint density at radius 2 is 0.989 bits per heavy atom. The summed E-state index contributed by atoms with van der Waals surface area (Å²) in [6.45, 7) is 7.40. The minimum absolute atomic E-state index is 0.0120. The summed E-state index contributed by atoms with van der Waals surface area (Å²) in [5.41, 5.74) is 22.4. The second-order valence-electron chi connectivity index (χ2n) is 21.3. The zero-order valence-electron chi connectivity index (χ0n) is 50.6. The Balaban J connectivity index is 3.33. The minimum Gasteiger partial charge on any atom is -0.481 e. The van der Waals surface area contributed by atoms with E-state index in [1.165, 1.54) is 39.5 Å². The first kappa shape index (κ1) is 77.9. The Kier molecular flexibility index (Phi) is 35.3. The van der Waals surface area contributed by atoms with Crippen LogP contribution >= 0.6 is 11.8 Å². The van der Waals surface area contributed by atoms with Gasteiger partial charge in [-0.3, -0.25) is 76.9 Å². The third-order valence-corrected chi connectivity index (χ3v) is 13.4. The number of aliphatic imine (C=N–C) groups is 1. The van der Waals surface area contributed by atoms with E-state index in [0.29, 0.717) is 5.56 Å². The van der Waals surface area contributed by atoms with Gasteiger partial charge in [0.15, 0.2) is 5.96 Å². The SMILES string of the molecule is CSCC[C@H](NC(=O)[C@H](CCC(N)=O)NC(=O)[C@H](CC(=O)O)NC(=O)[C@@H](NC(=O)[C@H](C)NC(=O)[C@H](CC(C)C)NC(=O)[C@H](C)NC(=O)[C@@H](N)CC(=O)O)C(C)C)C(=O)NCC(=O)N[C@@H](CCCN=C(N)N)C(=O)N[C@@H](Cc1ccccc1)C(=O)NCC(=O)O. The van der Waals surface area contributed by atoms with Crippen molar-refractivity contribution >= 4 is 107 Å². The molecule has 0 saturated heterocycles. The van der Waals surface area contributed by atoms with Gasteiger partial charge in [0.25, 0.3) is 0 Å². The van der Waals surface area contributed by atoms with Crippen molar-refractivity contribution in [2.45, 2.75) is 160 Å². The highest BCUT2D eigenvalue weighted by Gasteiger charge is 2.36. The van der Waals surface area contributed by atoms with Crippen LogP contribution in [0.2, 0.25) is 0 Å². The van der Waals surface area contributed by atoms with Gasteiger partial charge in [-0.2, -0.15) is 11.8 Å². The van der Waals surface area contributed by atoms with Gasteiger partial charge in [-0.25, -0.2) is 0 Å². The Labute approximate surface area is 517 Å². The molecular formula is C54H86N16O18S. The quantitative estimate of drug-likeness (QED) is 0.0165. The van der Waals surface area contributed by atoms with E-state index in [1.807, 2.05) is 0 Å². The number of carboxylic acid groups (broad SMARTS) is 3. The fraction of sp³-hybridized carbons (Fsp3) is 0.593. The van der Waals surface area contributed by atoms with E-state index < -0.39 is 194 Å². The van der Waals surface area contributed by atoms with Crippen LogP contribution in [0.5, 0.6) is 0 Å². The third-order valence-electron chi connectivity index (χ3n) is 12.7. The molecule has 0 aromatic heterocycles. The van der Waals surface area contributed by atoms with Crippen molar-refractivity contribution in [3.05, 3.63) is 35.9 Å². The second kappa shape index (κ2) is 40.3. The number of carboxylic acids is 3. The molecule has 0 aliphatic rings. The fourth-order valence-corrected chi connectivity index (χ4v) is 8.51. The number of nitrogens with two attached hydrogens (primary N) is 4. The summed E-state index contributed by atoms with van der Waals surface area (Å²) in [6.07, 6.45) is -1.32. The number of thioether (sulfide) groups is 1. The van der Waals surface area contributed by atoms with E-state index in [-0.39, 0.29) is 56.3 Å². The number of hydrogen-bond donors (Lipinski definition) is 18. The van der Waals surface area contributed by atoms with Gasteiger partial charge in [-0.1, -0.05) is 58.0 Å². The number of aliphatic carboxylic acids is 3. The average Bonchev–Trinajstić information content (AvgIpc) is 2.23. The van der Waals surface area contributed by atoms with Gasteiger partial charge < -0.3 is 96.7 Å². The smallest absolute Gasteiger partial charge is 0.322 e. The first-order chi connectivity index (χ1) is 41.6. The molecule has 0 spiro atoms. The Bertz CT molecular complexity index is 2680. The normalized spacial score (nSPS) is 14.3. The lowest BCUT2D eigenvalue weighted by molar-refractivity contribution is -0.142. The molecule has 34 nitrogen and oxygen atoms in total. The number of guanidine groups is 1. The number of amides is 12. The largest absolute Gasteiger partial charge is 0.481 e. The molecule has 22 N–H and O–H groups in total. The van der Waals surface area contributed by atoms with Crippen LogP contribution in [0, 0.1) is 11.8 Å². The van der Waals surface area contributed by atoms with E-state index in [2.05, 4.69) is 63.5 Å². The van der Waals surface area contributed by atoms with Crippen molar-refractivity contribution in [1.82, 2.24) is 58.5 Å². The highest BCUT2D eigenvalue weighted by molar-refractivity contribution is 7.98. The first-order valence-corrected chi connectivity index (χ1v) is 29.6. The molecule has 0 fully saturated rings. The molecule has 496 valence electrons. The van der Waals surface area contributed by atoms with E-state index in [1.54, 1.807) is 50.4 Å². The Morgan fingerprint density at radius 3 is 1.52 bits per heavy atom. The lowest BCUT2D eigenvalue weighted by Gasteiger charge is -2.28. The number of nitrogens with zero attached hydrogens (tertiary/aromatic N) is 1. The average molecular weight is 1280 g/mol. The van der Waals surface area contributed by atoms with Crippen LogP contribution in [0.25, 0.3) is 0 Å². The van der Waals surface area contributed by atoms with Crippen LogP contribution in [-0.2, 0) is 78.3 Å². The summed E-state index contributed by atoms with van der Waals surface area (Å²) in [4.78, 5) is 199. The summed E-state index contributed by atoms with van der Waals surface area (Å²) in [5, 5.41) is 54.2. The maximum absolute atomic E-state index is 14.0. The number of carbonyl (C=O) groups excluding carboxylic acids is 12. The molecule has 0 saturated carbocycles. The van der Waals surface area contributed by atoms with Gasteiger partial charge in [0, 0.05) is 19.4 Å². The van der Waals surface area contributed by atoms with Crippen LogP contribution in [0.15, 0.2) is 35.3 Å². The van der Waals surface area contributed by atoms with Crippen molar-refractivity contribution in [1.29, 1.82) is 0 Å². The molecule has 0 heterocycles. The number of nitrogens with one attached hydrogen (secondary N) is 11. The standard InChI is InChI=1S/C54H86N16O18S/c1-26(2)20-35(67-44(79)28(5)62-46(81)31(55)22-40(73)74)51(86)63-29(6)45(80)70-43(27(3)4)53(88)69-37(23-41(75)76)52(87)65-33(15-16-38(56)71)50(85)66-34(17-19-89-7)47(82)60-24-39(72)64-32(14-11-18-59-54(57)58)49(84)68-36(48(83)61-25-42(77)78)21-30-12-9-8-10-13-30/h8-10,12-13,26-29,31-37,43H,11,14-25,55H2,1-7H3,(H2,56,71)(H,60,82)(H,61,83)(H,62,81)(H,63,86)(H,64,72)(H,65,87)(H,66,85)(H,67,79)(H,68,84)(H,69,88)(H,70,80)(H,73,74)(H,75,76)(H,77,78)(H4,57,58,59)/t28-,29-,31-,32-,33-,34-,35-,36-,37-,43-/m0/s1. The van der Waals surface area contributed by atoms with E-state index in [9.17, 15) is 77.0 Å². The maximum atomic E-state index is 14.0. The maximum Gasteiger partial charge on any atom is 0.322 e. The lowest BCUT2D eigenvalue weighted by Crippen LogP contribution is -2.61. The highest BCUT2D eigenvalue weighted by Crippen LogP contribution is 2.11.